The highest BCUT2D eigenvalue weighted by Gasteiger charge is 2.08. The molecule has 0 heterocycles. The average molecular weight is 231 g/mol. The fourth-order valence-corrected chi connectivity index (χ4v) is 1.33. The molecule has 82 valence electrons. The van der Waals surface area contributed by atoms with Gasteiger partial charge in [-0.2, -0.15) is 0 Å². The van der Waals surface area contributed by atoms with Gasteiger partial charge in [0.25, 0.3) is 0 Å². The van der Waals surface area contributed by atoms with Crippen LogP contribution < -0.4 is 5.73 Å². The first-order valence-corrected chi connectivity index (χ1v) is 4.83. The van der Waals surface area contributed by atoms with Crippen LogP contribution in [0, 0.1) is 5.82 Å². The number of nitrogens with zero attached hydrogens (tertiary/aromatic N) is 1. The number of hydrogen-bond donors (Lipinski definition) is 1. The van der Waals surface area contributed by atoms with Gasteiger partial charge in [-0.05, 0) is 18.1 Å². The highest BCUT2D eigenvalue weighted by molar-refractivity contribution is 6.30. The Kier molecular flexibility index (Phi) is 3.91. The van der Waals surface area contributed by atoms with Crippen LogP contribution in [0.5, 0.6) is 0 Å². The van der Waals surface area contributed by atoms with Crippen LogP contribution in [-0.2, 0) is 6.42 Å². The Labute approximate surface area is 92.6 Å². The quantitative estimate of drug-likeness (QED) is 0.849. The first-order valence-electron chi connectivity index (χ1n) is 4.46. The van der Waals surface area contributed by atoms with Crippen molar-refractivity contribution < 1.29 is 9.18 Å². The third kappa shape index (κ3) is 3.09. The predicted octanol–water partition coefficient (Wildman–Crippen LogP) is 2.03. The molecule has 0 aromatic heterocycles. The monoisotopic (exact) mass is 230 g/mol. The van der Waals surface area contributed by atoms with E-state index in [9.17, 15) is 9.18 Å². The molecule has 0 bridgehead atoms. The van der Waals surface area contributed by atoms with E-state index in [1.54, 1.807) is 19.2 Å². The normalized spacial score (nSPS) is 10.1. The average Bonchev–Trinajstić information content (AvgIpc) is 2.19. The van der Waals surface area contributed by atoms with Gasteiger partial charge in [0.1, 0.15) is 5.82 Å². The summed E-state index contributed by atoms with van der Waals surface area (Å²) in [5.74, 6) is -0.433. The minimum Gasteiger partial charge on any atom is -0.351 e. The van der Waals surface area contributed by atoms with Crippen LogP contribution in [0.15, 0.2) is 18.2 Å². The Hall–Kier alpha value is -1.29. The highest BCUT2D eigenvalue weighted by Crippen LogP contribution is 2.18. The van der Waals surface area contributed by atoms with E-state index in [2.05, 4.69) is 0 Å². The van der Waals surface area contributed by atoms with Crippen molar-refractivity contribution in [1.29, 1.82) is 0 Å². The molecule has 0 atom stereocenters. The second-order valence-corrected chi connectivity index (χ2v) is 3.63. The van der Waals surface area contributed by atoms with Crippen molar-refractivity contribution in [3.05, 3.63) is 34.6 Å². The zero-order chi connectivity index (χ0) is 11.4. The van der Waals surface area contributed by atoms with Crippen molar-refractivity contribution in [1.82, 2.24) is 4.90 Å². The molecule has 15 heavy (non-hydrogen) atoms. The number of carbonyl (C=O) groups excluding carboxylic acids is 1. The van der Waals surface area contributed by atoms with Gasteiger partial charge < -0.3 is 10.6 Å². The second kappa shape index (κ2) is 4.98. The smallest absolute Gasteiger partial charge is 0.314 e. The number of carbonyl (C=O) groups is 1. The van der Waals surface area contributed by atoms with E-state index < -0.39 is 11.8 Å². The number of halogens is 2. The zero-order valence-corrected chi connectivity index (χ0v) is 9.09. The Morgan fingerprint density at radius 1 is 1.60 bits per heavy atom. The van der Waals surface area contributed by atoms with Gasteiger partial charge in [-0.1, -0.05) is 23.7 Å². The van der Waals surface area contributed by atoms with Crippen molar-refractivity contribution in [2.45, 2.75) is 6.42 Å². The van der Waals surface area contributed by atoms with Crippen molar-refractivity contribution >= 4 is 17.6 Å². The van der Waals surface area contributed by atoms with Gasteiger partial charge >= 0.3 is 6.03 Å². The first-order chi connectivity index (χ1) is 7.02. The van der Waals surface area contributed by atoms with Gasteiger partial charge in [-0.3, -0.25) is 0 Å². The summed E-state index contributed by atoms with van der Waals surface area (Å²) >= 11 is 5.61. The van der Waals surface area contributed by atoms with Crippen molar-refractivity contribution in [3.63, 3.8) is 0 Å². The van der Waals surface area contributed by atoms with E-state index in [1.807, 2.05) is 0 Å². The van der Waals surface area contributed by atoms with E-state index in [-0.39, 0.29) is 5.02 Å². The van der Waals surface area contributed by atoms with E-state index in [4.69, 9.17) is 17.3 Å². The molecule has 1 rings (SSSR count). The van der Waals surface area contributed by atoms with Gasteiger partial charge in [-0.25, -0.2) is 9.18 Å². The summed E-state index contributed by atoms with van der Waals surface area (Å²) < 4.78 is 13.4. The lowest BCUT2D eigenvalue weighted by atomic mass is 10.1. The molecule has 0 aliphatic carbocycles. The maximum absolute atomic E-state index is 13.4. The van der Waals surface area contributed by atoms with Gasteiger partial charge in [0.05, 0.1) is 5.02 Å². The van der Waals surface area contributed by atoms with Crippen LogP contribution in [0.3, 0.4) is 0 Å². The minimum absolute atomic E-state index is 0.0919. The van der Waals surface area contributed by atoms with Crippen LogP contribution >= 0.6 is 11.6 Å². The third-order valence-electron chi connectivity index (χ3n) is 2.12. The zero-order valence-electron chi connectivity index (χ0n) is 8.34. The molecule has 0 saturated carbocycles. The molecule has 0 radical (unpaired) electrons. The van der Waals surface area contributed by atoms with E-state index in [1.165, 1.54) is 11.0 Å². The lowest BCUT2D eigenvalue weighted by Crippen LogP contribution is -2.33. The lowest BCUT2D eigenvalue weighted by molar-refractivity contribution is 0.219. The molecular formula is C10H12ClFN2O. The number of amides is 2. The van der Waals surface area contributed by atoms with Gasteiger partial charge in [-0.15, -0.1) is 0 Å². The Bertz CT molecular complexity index is 370. The van der Waals surface area contributed by atoms with Crippen LogP contribution in [0.4, 0.5) is 9.18 Å². The van der Waals surface area contributed by atoms with E-state index in [0.717, 1.165) is 0 Å². The maximum Gasteiger partial charge on any atom is 0.314 e. The molecule has 0 aliphatic rings. The van der Waals surface area contributed by atoms with Crippen LogP contribution in [0.1, 0.15) is 5.56 Å². The summed E-state index contributed by atoms with van der Waals surface area (Å²) in [5, 5.41) is 0.0919. The fourth-order valence-electron chi connectivity index (χ4n) is 1.14. The van der Waals surface area contributed by atoms with Crippen molar-refractivity contribution in [2.24, 2.45) is 5.73 Å². The third-order valence-corrected chi connectivity index (χ3v) is 2.42. The molecule has 0 saturated heterocycles. The maximum atomic E-state index is 13.4. The number of nitrogens with two attached hydrogens (primary N) is 1. The molecule has 1 aromatic carbocycles. The minimum atomic E-state index is -0.530. The number of likely N-dealkylation sites (N-methyl/N-ethyl adjacent to an activating group) is 1. The highest BCUT2D eigenvalue weighted by atomic mass is 35.5. The molecule has 3 nitrogen and oxygen atoms in total. The first kappa shape index (κ1) is 11.8. The Morgan fingerprint density at radius 3 is 2.87 bits per heavy atom. The molecule has 0 spiro atoms. The van der Waals surface area contributed by atoms with Crippen molar-refractivity contribution in [3.8, 4) is 0 Å². The summed E-state index contributed by atoms with van der Waals surface area (Å²) in [6.07, 6.45) is 0.395. The molecule has 2 amide bonds. The summed E-state index contributed by atoms with van der Waals surface area (Å²) in [6, 6.07) is 4.26. The number of rotatable bonds is 3. The summed E-state index contributed by atoms with van der Waals surface area (Å²) in [5.41, 5.74) is 5.52. The Balaban J connectivity index is 2.66. The molecule has 0 unspecified atom stereocenters. The molecular weight excluding hydrogens is 219 g/mol. The molecule has 0 fully saturated rings. The molecule has 5 heteroatoms. The lowest BCUT2D eigenvalue weighted by Gasteiger charge is -2.14. The summed E-state index contributed by atoms with van der Waals surface area (Å²) in [6.45, 7) is 0.368. The Morgan fingerprint density at radius 2 is 2.27 bits per heavy atom. The summed E-state index contributed by atoms with van der Waals surface area (Å²) in [4.78, 5) is 12.0. The number of hydrogen-bond acceptors (Lipinski definition) is 1. The number of urea groups is 1. The van der Waals surface area contributed by atoms with Crippen LogP contribution in [0.2, 0.25) is 5.02 Å². The SMILES string of the molecule is CN(CCc1cccc(Cl)c1F)C(N)=O. The number of primary amides is 1. The standard InChI is InChI=1S/C10H12ClFN2O/c1-14(10(13)15)6-5-7-3-2-4-8(11)9(7)12/h2-4H,5-6H2,1H3,(H2,13,15). The second-order valence-electron chi connectivity index (χ2n) is 3.22. The van der Waals surface area contributed by atoms with Gasteiger partial charge in [0.15, 0.2) is 0 Å². The summed E-state index contributed by atoms with van der Waals surface area (Å²) in [7, 11) is 1.56. The predicted molar refractivity (Wildman–Crippen MR) is 57.3 cm³/mol. The largest absolute Gasteiger partial charge is 0.351 e. The topological polar surface area (TPSA) is 46.3 Å². The van der Waals surface area contributed by atoms with Crippen molar-refractivity contribution in [2.75, 3.05) is 13.6 Å². The van der Waals surface area contributed by atoms with E-state index >= 15 is 0 Å². The van der Waals surface area contributed by atoms with Crippen LogP contribution in [-0.4, -0.2) is 24.5 Å². The molecule has 2 N–H and O–H groups in total. The van der Waals surface area contributed by atoms with Crippen LogP contribution in [0.25, 0.3) is 0 Å². The number of benzene rings is 1. The van der Waals surface area contributed by atoms with Gasteiger partial charge in [0, 0.05) is 13.6 Å². The van der Waals surface area contributed by atoms with Gasteiger partial charge in [0.2, 0.25) is 0 Å². The fraction of sp³-hybridized carbons (Fsp3) is 0.300. The molecule has 1 aromatic rings. The van der Waals surface area contributed by atoms with E-state index in [0.29, 0.717) is 18.5 Å². The molecule has 0 aliphatic heterocycles.